The molecule has 1 heterocycles. The summed E-state index contributed by atoms with van der Waals surface area (Å²) in [6.07, 6.45) is 0. The first-order chi connectivity index (χ1) is 8.86. The first kappa shape index (κ1) is 13.6. The van der Waals surface area contributed by atoms with Gasteiger partial charge in [-0.25, -0.2) is 8.78 Å². The number of aliphatic hydroxyl groups excluding tert-OH is 1. The van der Waals surface area contributed by atoms with Crippen LogP contribution >= 0.6 is 0 Å². The molecule has 2 rings (SSSR count). The van der Waals surface area contributed by atoms with Gasteiger partial charge >= 0.3 is 0 Å². The predicted molar refractivity (Wildman–Crippen MR) is 66.3 cm³/mol. The van der Waals surface area contributed by atoms with Crippen molar-refractivity contribution in [2.24, 2.45) is 0 Å². The molecule has 0 aliphatic heterocycles. The third-order valence-electron chi connectivity index (χ3n) is 2.73. The van der Waals surface area contributed by atoms with E-state index in [9.17, 15) is 13.9 Å². The highest BCUT2D eigenvalue weighted by Crippen LogP contribution is 2.29. The Labute approximate surface area is 109 Å². The van der Waals surface area contributed by atoms with E-state index in [0.29, 0.717) is 0 Å². The molecule has 1 N–H and O–H groups in total. The van der Waals surface area contributed by atoms with Gasteiger partial charge in [-0.15, -0.1) is 10.2 Å². The molecule has 0 aliphatic rings. The maximum absolute atomic E-state index is 13.8. The van der Waals surface area contributed by atoms with Crippen LogP contribution in [0.1, 0.15) is 26.6 Å². The van der Waals surface area contributed by atoms with E-state index in [0.717, 1.165) is 0 Å². The summed E-state index contributed by atoms with van der Waals surface area (Å²) in [7, 11) is 0. The molecule has 0 atom stereocenters. The summed E-state index contributed by atoms with van der Waals surface area (Å²) < 4.78 is 29.2. The van der Waals surface area contributed by atoms with Gasteiger partial charge in [-0.2, -0.15) is 0 Å². The van der Waals surface area contributed by atoms with Crippen molar-refractivity contribution in [2.75, 3.05) is 0 Å². The molecule has 0 amide bonds. The van der Waals surface area contributed by atoms with Gasteiger partial charge in [0.15, 0.2) is 11.6 Å². The van der Waals surface area contributed by atoms with Gasteiger partial charge in [0.1, 0.15) is 18.2 Å². The summed E-state index contributed by atoms with van der Waals surface area (Å²) in [4.78, 5) is 0. The second-order valence-corrected chi connectivity index (χ2v) is 5.20. The van der Waals surface area contributed by atoms with E-state index in [1.54, 1.807) is 0 Å². The van der Waals surface area contributed by atoms with E-state index in [-0.39, 0.29) is 23.8 Å². The van der Waals surface area contributed by atoms with Crippen LogP contribution in [0.4, 0.5) is 8.78 Å². The number of halogens is 2. The van der Waals surface area contributed by atoms with Gasteiger partial charge in [-0.3, -0.25) is 0 Å². The number of benzene rings is 1. The van der Waals surface area contributed by atoms with E-state index >= 15 is 0 Å². The third-order valence-corrected chi connectivity index (χ3v) is 2.73. The van der Waals surface area contributed by atoms with Gasteiger partial charge in [-0.1, -0.05) is 6.07 Å². The Bertz CT molecular complexity index is 582. The average Bonchev–Trinajstić information content (AvgIpc) is 2.72. The molecular formula is C13H15F2N3O. The summed E-state index contributed by atoms with van der Waals surface area (Å²) in [6, 6.07) is 3.62. The Kier molecular flexibility index (Phi) is 3.36. The smallest absolute Gasteiger partial charge is 0.170 e. The third kappa shape index (κ3) is 2.35. The minimum atomic E-state index is -0.706. The first-order valence-corrected chi connectivity index (χ1v) is 5.86. The van der Waals surface area contributed by atoms with E-state index in [2.05, 4.69) is 10.2 Å². The van der Waals surface area contributed by atoms with E-state index in [1.807, 2.05) is 20.8 Å². The van der Waals surface area contributed by atoms with Crippen molar-refractivity contribution in [3.8, 4) is 11.4 Å². The Morgan fingerprint density at radius 3 is 2.21 bits per heavy atom. The van der Waals surface area contributed by atoms with Crippen LogP contribution in [-0.2, 0) is 12.1 Å². The topological polar surface area (TPSA) is 50.9 Å². The second-order valence-electron chi connectivity index (χ2n) is 5.20. The van der Waals surface area contributed by atoms with Crippen molar-refractivity contribution in [3.63, 3.8) is 0 Å². The zero-order chi connectivity index (χ0) is 14.2. The molecule has 0 aliphatic carbocycles. The maximum Gasteiger partial charge on any atom is 0.170 e. The SMILES string of the molecule is CC(C)(C)n1c(CO)nnc1-c1c(F)cccc1F. The van der Waals surface area contributed by atoms with Crippen molar-refractivity contribution in [3.05, 3.63) is 35.7 Å². The number of aliphatic hydroxyl groups is 1. The van der Waals surface area contributed by atoms with Crippen LogP contribution in [-0.4, -0.2) is 19.9 Å². The van der Waals surface area contributed by atoms with Crippen molar-refractivity contribution in [1.82, 2.24) is 14.8 Å². The largest absolute Gasteiger partial charge is 0.388 e. The normalized spacial score (nSPS) is 11.9. The predicted octanol–water partition coefficient (Wildman–Crippen LogP) is 2.47. The second kappa shape index (κ2) is 4.70. The summed E-state index contributed by atoms with van der Waals surface area (Å²) in [6.45, 7) is 5.19. The molecule has 102 valence electrons. The molecule has 6 heteroatoms. The van der Waals surface area contributed by atoms with E-state index in [1.165, 1.54) is 22.8 Å². The molecule has 1 aromatic carbocycles. The fourth-order valence-corrected chi connectivity index (χ4v) is 2.00. The maximum atomic E-state index is 13.8. The highest BCUT2D eigenvalue weighted by Gasteiger charge is 2.26. The Morgan fingerprint density at radius 1 is 1.16 bits per heavy atom. The van der Waals surface area contributed by atoms with Crippen molar-refractivity contribution in [2.45, 2.75) is 32.9 Å². The molecule has 0 unspecified atom stereocenters. The lowest BCUT2D eigenvalue weighted by atomic mass is 10.1. The Morgan fingerprint density at radius 2 is 1.74 bits per heavy atom. The molecular weight excluding hydrogens is 252 g/mol. The number of rotatable bonds is 2. The van der Waals surface area contributed by atoms with Gasteiger partial charge in [-0.05, 0) is 32.9 Å². The fraction of sp³-hybridized carbons (Fsp3) is 0.385. The highest BCUT2D eigenvalue weighted by molar-refractivity contribution is 5.57. The van der Waals surface area contributed by atoms with Gasteiger partial charge in [0.25, 0.3) is 0 Å². The monoisotopic (exact) mass is 267 g/mol. The van der Waals surface area contributed by atoms with Crippen LogP contribution in [0, 0.1) is 11.6 Å². The lowest BCUT2D eigenvalue weighted by Crippen LogP contribution is -2.25. The van der Waals surface area contributed by atoms with E-state index in [4.69, 9.17) is 0 Å². The molecule has 0 saturated carbocycles. The summed E-state index contributed by atoms with van der Waals surface area (Å²) in [5.41, 5.74) is -0.740. The molecule has 2 aromatic rings. The zero-order valence-corrected chi connectivity index (χ0v) is 11.0. The summed E-state index contributed by atoms with van der Waals surface area (Å²) in [5, 5.41) is 16.9. The number of aromatic nitrogens is 3. The van der Waals surface area contributed by atoms with E-state index < -0.39 is 17.2 Å². The van der Waals surface area contributed by atoms with Crippen LogP contribution in [0.2, 0.25) is 0 Å². The molecule has 0 saturated heterocycles. The van der Waals surface area contributed by atoms with Gasteiger partial charge in [0.2, 0.25) is 0 Å². The van der Waals surface area contributed by atoms with Crippen LogP contribution in [0.3, 0.4) is 0 Å². The minimum absolute atomic E-state index is 0.0761. The lowest BCUT2D eigenvalue weighted by molar-refractivity contribution is 0.250. The zero-order valence-electron chi connectivity index (χ0n) is 11.0. The molecule has 4 nitrogen and oxygen atoms in total. The number of hydrogen-bond donors (Lipinski definition) is 1. The molecule has 0 fully saturated rings. The molecule has 0 radical (unpaired) electrons. The van der Waals surface area contributed by atoms with Crippen LogP contribution < -0.4 is 0 Å². The highest BCUT2D eigenvalue weighted by atomic mass is 19.1. The van der Waals surface area contributed by atoms with Crippen molar-refractivity contribution >= 4 is 0 Å². The number of hydrogen-bond acceptors (Lipinski definition) is 3. The van der Waals surface area contributed by atoms with Gasteiger partial charge < -0.3 is 9.67 Å². The van der Waals surface area contributed by atoms with Crippen molar-refractivity contribution < 1.29 is 13.9 Å². The Balaban J connectivity index is 2.74. The quantitative estimate of drug-likeness (QED) is 0.909. The van der Waals surface area contributed by atoms with Gasteiger partial charge in [0, 0.05) is 5.54 Å². The van der Waals surface area contributed by atoms with Crippen molar-refractivity contribution in [1.29, 1.82) is 0 Å². The Hall–Kier alpha value is -1.82. The summed E-state index contributed by atoms with van der Waals surface area (Å²) >= 11 is 0. The van der Waals surface area contributed by atoms with Gasteiger partial charge in [0.05, 0.1) is 5.56 Å². The molecule has 1 aromatic heterocycles. The van der Waals surface area contributed by atoms with Crippen LogP contribution in [0.15, 0.2) is 18.2 Å². The fourth-order valence-electron chi connectivity index (χ4n) is 2.00. The molecule has 19 heavy (non-hydrogen) atoms. The molecule has 0 spiro atoms. The summed E-state index contributed by atoms with van der Waals surface area (Å²) in [5.74, 6) is -1.07. The molecule has 0 bridgehead atoms. The van der Waals surface area contributed by atoms with Crippen LogP contribution in [0.25, 0.3) is 11.4 Å². The minimum Gasteiger partial charge on any atom is -0.388 e. The standard InChI is InChI=1S/C13H15F2N3O/c1-13(2,3)18-10(7-19)16-17-12(18)11-8(14)5-4-6-9(11)15/h4-6,19H,7H2,1-3H3. The number of nitrogens with zero attached hydrogens (tertiary/aromatic N) is 3. The van der Waals surface area contributed by atoms with Crippen LogP contribution in [0.5, 0.6) is 0 Å². The lowest BCUT2D eigenvalue weighted by Gasteiger charge is -2.24. The average molecular weight is 267 g/mol. The first-order valence-electron chi connectivity index (χ1n) is 5.86.